The number of aromatic nitrogens is 2. The number of nitrogens with zero attached hydrogens (tertiary/aromatic N) is 2. The molecule has 1 aromatic rings. The Hall–Kier alpha value is -0.990. The lowest BCUT2D eigenvalue weighted by Crippen LogP contribution is -2.04. The quantitative estimate of drug-likeness (QED) is 0.714. The lowest BCUT2D eigenvalue weighted by molar-refractivity contribution is 0.578. The molecular weight excluding hydrogens is 138 g/mol. The van der Waals surface area contributed by atoms with Crippen LogP contribution in [0.1, 0.15) is 26.0 Å². The van der Waals surface area contributed by atoms with E-state index in [0.29, 0.717) is 0 Å². The summed E-state index contributed by atoms with van der Waals surface area (Å²) in [6.07, 6.45) is 3.80. The highest BCUT2D eigenvalue weighted by Gasteiger charge is 2.03. The van der Waals surface area contributed by atoms with Gasteiger partial charge in [0, 0.05) is 6.54 Å². The van der Waals surface area contributed by atoms with E-state index in [9.17, 15) is 0 Å². The van der Waals surface area contributed by atoms with Gasteiger partial charge in [0.1, 0.15) is 0 Å². The molecule has 2 N–H and O–H groups in total. The van der Waals surface area contributed by atoms with Gasteiger partial charge in [0.25, 0.3) is 0 Å². The summed E-state index contributed by atoms with van der Waals surface area (Å²) in [5.41, 5.74) is 7.68. The Labute approximate surface area is 67.2 Å². The van der Waals surface area contributed by atoms with Crippen LogP contribution in [0.25, 0.3) is 0 Å². The van der Waals surface area contributed by atoms with E-state index in [-0.39, 0.29) is 0 Å². The predicted molar refractivity (Wildman–Crippen MR) is 46.3 cm³/mol. The molecule has 0 fully saturated rings. The van der Waals surface area contributed by atoms with Gasteiger partial charge in [-0.25, -0.2) is 0 Å². The minimum Gasteiger partial charge on any atom is -0.396 e. The number of nitrogen functional groups attached to an aromatic ring is 1. The summed E-state index contributed by atoms with van der Waals surface area (Å²) < 4.78 is 1.98. The maximum Gasteiger partial charge on any atom is 0.0732 e. The molecule has 0 radical (unpaired) electrons. The smallest absolute Gasteiger partial charge is 0.0732 e. The zero-order valence-electron chi connectivity index (χ0n) is 7.17. The lowest BCUT2D eigenvalue weighted by Gasteiger charge is -2.03. The number of hydrogen-bond donors (Lipinski definition) is 1. The molecule has 0 spiro atoms. The Bertz CT molecular complexity index is 227. The van der Waals surface area contributed by atoms with Crippen molar-refractivity contribution in [3.8, 4) is 0 Å². The van der Waals surface area contributed by atoms with Crippen molar-refractivity contribution in [1.29, 1.82) is 0 Å². The molecule has 1 rings (SSSR count). The number of anilines is 1. The van der Waals surface area contributed by atoms with Crippen molar-refractivity contribution >= 4 is 5.69 Å². The van der Waals surface area contributed by atoms with Gasteiger partial charge in [0.05, 0.1) is 17.6 Å². The molecule has 0 amide bonds. The molecule has 11 heavy (non-hydrogen) atoms. The molecule has 0 saturated heterocycles. The fraction of sp³-hybridized carbons (Fsp3) is 0.625. The third kappa shape index (κ3) is 1.53. The molecule has 3 heteroatoms. The van der Waals surface area contributed by atoms with Crippen molar-refractivity contribution in [3.05, 3.63) is 11.9 Å². The number of rotatable bonds is 3. The van der Waals surface area contributed by atoms with Gasteiger partial charge >= 0.3 is 0 Å². The van der Waals surface area contributed by atoms with Crippen LogP contribution in [0.2, 0.25) is 0 Å². The van der Waals surface area contributed by atoms with Crippen LogP contribution in [0.4, 0.5) is 5.69 Å². The first-order chi connectivity index (χ1) is 5.29. The molecule has 1 aromatic heterocycles. The van der Waals surface area contributed by atoms with E-state index in [1.54, 1.807) is 6.20 Å². The molecule has 0 aliphatic rings. The monoisotopic (exact) mass is 153 g/mol. The summed E-state index contributed by atoms with van der Waals surface area (Å²) in [4.78, 5) is 0. The largest absolute Gasteiger partial charge is 0.396 e. The van der Waals surface area contributed by atoms with Gasteiger partial charge in [0.15, 0.2) is 0 Å². The fourth-order valence-electron chi connectivity index (χ4n) is 1.22. The highest BCUT2D eigenvalue weighted by Crippen LogP contribution is 2.11. The molecule has 0 unspecified atom stereocenters. The van der Waals surface area contributed by atoms with Gasteiger partial charge in [0.2, 0.25) is 0 Å². The SMILES string of the molecule is CCCn1ncc(N)c1CC. The first-order valence-corrected chi connectivity index (χ1v) is 4.09. The van der Waals surface area contributed by atoms with Crippen molar-refractivity contribution in [3.63, 3.8) is 0 Å². The van der Waals surface area contributed by atoms with Crippen LogP contribution >= 0.6 is 0 Å². The number of hydrogen-bond acceptors (Lipinski definition) is 2. The van der Waals surface area contributed by atoms with E-state index >= 15 is 0 Å². The van der Waals surface area contributed by atoms with Crippen LogP contribution in [0.5, 0.6) is 0 Å². The third-order valence-corrected chi connectivity index (χ3v) is 1.75. The maximum absolute atomic E-state index is 5.70. The highest BCUT2D eigenvalue weighted by molar-refractivity contribution is 5.40. The van der Waals surface area contributed by atoms with E-state index in [1.807, 2.05) is 4.68 Å². The molecule has 0 saturated carbocycles. The van der Waals surface area contributed by atoms with E-state index in [4.69, 9.17) is 5.73 Å². The van der Waals surface area contributed by atoms with Crippen molar-refractivity contribution in [2.45, 2.75) is 33.2 Å². The van der Waals surface area contributed by atoms with Crippen LogP contribution in [0, 0.1) is 0 Å². The van der Waals surface area contributed by atoms with Crippen molar-refractivity contribution < 1.29 is 0 Å². The first-order valence-electron chi connectivity index (χ1n) is 4.09. The Morgan fingerprint density at radius 2 is 2.27 bits per heavy atom. The zero-order chi connectivity index (χ0) is 8.27. The minimum atomic E-state index is 0.820. The van der Waals surface area contributed by atoms with Gasteiger partial charge < -0.3 is 5.73 Å². The summed E-state index contributed by atoms with van der Waals surface area (Å²) in [5.74, 6) is 0. The lowest BCUT2D eigenvalue weighted by atomic mass is 10.3. The van der Waals surface area contributed by atoms with E-state index in [0.717, 1.165) is 30.8 Å². The molecule has 0 aliphatic heterocycles. The van der Waals surface area contributed by atoms with Crippen LogP contribution in [-0.2, 0) is 13.0 Å². The minimum absolute atomic E-state index is 0.820. The fourth-order valence-corrected chi connectivity index (χ4v) is 1.22. The van der Waals surface area contributed by atoms with E-state index < -0.39 is 0 Å². The first kappa shape index (κ1) is 8.11. The average molecular weight is 153 g/mol. The Morgan fingerprint density at radius 3 is 2.82 bits per heavy atom. The van der Waals surface area contributed by atoms with Crippen LogP contribution in [-0.4, -0.2) is 9.78 Å². The second kappa shape index (κ2) is 3.42. The molecule has 0 aliphatic carbocycles. The third-order valence-electron chi connectivity index (χ3n) is 1.75. The van der Waals surface area contributed by atoms with Crippen LogP contribution < -0.4 is 5.73 Å². The van der Waals surface area contributed by atoms with E-state index in [1.165, 1.54) is 0 Å². The van der Waals surface area contributed by atoms with Crippen molar-refractivity contribution in [2.24, 2.45) is 0 Å². The average Bonchev–Trinajstić information content (AvgIpc) is 2.33. The second-order valence-electron chi connectivity index (χ2n) is 2.62. The summed E-state index contributed by atoms with van der Waals surface area (Å²) in [6.45, 7) is 5.21. The molecule has 0 bridgehead atoms. The molecular formula is C8H15N3. The normalized spacial score (nSPS) is 10.4. The predicted octanol–water partition coefficient (Wildman–Crippen LogP) is 1.44. The summed E-state index contributed by atoms with van der Waals surface area (Å²) in [5, 5.41) is 4.17. The Morgan fingerprint density at radius 1 is 1.55 bits per heavy atom. The van der Waals surface area contributed by atoms with Crippen LogP contribution in [0.15, 0.2) is 6.20 Å². The molecule has 1 heterocycles. The van der Waals surface area contributed by atoms with Gasteiger partial charge in [-0.05, 0) is 12.8 Å². The molecule has 3 nitrogen and oxygen atoms in total. The van der Waals surface area contributed by atoms with Crippen molar-refractivity contribution in [1.82, 2.24) is 9.78 Å². The maximum atomic E-state index is 5.70. The van der Waals surface area contributed by atoms with E-state index in [2.05, 4.69) is 18.9 Å². The van der Waals surface area contributed by atoms with Gasteiger partial charge in [-0.2, -0.15) is 5.10 Å². The zero-order valence-corrected chi connectivity index (χ0v) is 7.17. The molecule has 62 valence electrons. The van der Waals surface area contributed by atoms with Gasteiger partial charge in [-0.3, -0.25) is 4.68 Å². The number of aryl methyl sites for hydroxylation is 1. The topological polar surface area (TPSA) is 43.8 Å². The molecule has 0 aromatic carbocycles. The van der Waals surface area contributed by atoms with Gasteiger partial charge in [-0.1, -0.05) is 13.8 Å². The summed E-state index contributed by atoms with van der Waals surface area (Å²) in [6, 6.07) is 0. The summed E-state index contributed by atoms with van der Waals surface area (Å²) in [7, 11) is 0. The Balaban J connectivity index is 2.86. The Kier molecular flexibility index (Phi) is 2.52. The summed E-state index contributed by atoms with van der Waals surface area (Å²) >= 11 is 0. The highest BCUT2D eigenvalue weighted by atomic mass is 15.3. The number of nitrogens with two attached hydrogens (primary N) is 1. The molecule has 0 atom stereocenters. The van der Waals surface area contributed by atoms with Crippen molar-refractivity contribution in [2.75, 3.05) is 5.73 Å². The van der Waals surface area contributed by atoms with Gasteiger partial charge in [-0.15, -0.1) is 0 Å². The van der Waals surface area contributed by atoms with Crippen LogP contribution in [0.3, 0.4) is 0 Å². The second-order valence-corrected chi connectivity index (χ2v) is 2.62. The standard InChI is InChI=1S/C8H15N3/c1-3-5-11-8(4-2)7(9)6-10-11/h6H,3-5,9H2,1-2H3.